The molecule has 0 unspecified atom stereocenters. The molecule has 0 radical (unpaired) electrons. The molecule has 5 heteroatoms. The van der Waals surface area contributed by atoms with Crippen LogP contribution in [0.1, 0.15) is 17.3 Å². The average molecular weight is 195 g/mol. The van der Waals surface area contributed by atoms with E-state index < -0.39 is 11.9 Å². The Balaban J connectivity index is 3.05. The number of amides is 1. The largest absolute Gasteiger partial charge is 0.478 e. The molecule has 2 N–H and O–H groups in total. The summed E-state index contributed by atoms with van der Waals surface area (Å²) < 4.78 is 0. The number of hydrogen-bond donors (Lipinski definition) is 2. The zero-order chi connectivity index (χ0) is 10.7. The van der Waals surface area contributed by atoms with E-state index >= 15 is 0 Å². The van der Waals surface area contributed by atoms with Crippen LogP contribution >= 0.6 is 0 Å². The van der Waals surface area contributed by atoms with E-state index in [9.17, 15) is 14.8 Å². The minimum Gasteiger partial charge on any atom is -0.478 e. The molecule has 1 amide bonds. The van der Waals surface area contributed by atoms with Crippen LogP contribution in [0.2, 0.25) is 0 Å². The molecule has 0 bridgehead atoms. The molecule has 5 nitrogen and oxygen atoms in total. The van der Waals surface area contributed by atoms with Gasteiger partial charge >= 0.3 is 5.97 Å². The number of rotatable bonds is 2. The second-order valence-electron chi connectivity index (χ2n) is 2.69. The summed E-state index contributed by atoms with van der Waals surface area (Å²) >= 11 is 0. The first-order chi connectivity index (χ1) is 6.52. The van der Waals surface area contributed by atoms with Gasteiger partial charge in [0.25, 0.3) is 0 Å². The number of nitrogens with zero attached hydrogens (tertiary/aromatic N) is 1. The van der Waals surface area contributed by atoms with Crippen LogP contribution < -0.4 is 5.06 Å². The minimum atomic E-state index is -1.11. The standard InChI is InChI=1S/C9H9NO4/c1-6(11)10(14)8-4-2-3-7(5-8)9(12)13/h2-5,14H,1H3,(H,12,13). The van der Waals surface area contributed by atoms with Crippen molar-refractivity contribution in [1.82, 2.24) is 0 Å². The second kappa shape index (κ2) is 3.89. The third-order valence-corrected chi connectivity index (χ3v) is 1.64. The molecule has 1 aromatic carbocycles. The average Bonchev–Trinajstić information content (AvgIpc) is 2.16. The topological polar surface area (TPSA) is 77.8 Å². The number of hydrogen-bond acceptors (Lipinski definition) is 3. The minimum absolute atomic E-state index is 0.0165. The number of carbonyl (C=O) groups excluding carboxylic acids is 1. The Bertz CT molecular complexity index is 375. The number of aromatic carboxylic acids is 1. The molecule has 0 atom stereocenters. The van der Waals surface area contributed by atoms with Crippen molar-refractivity contribution in [1.29, 1.82) is 0 Å². The highest BCUT2D eigenvalue weighted by Gasteiger charge is 2.10. The zero-order valence-electron chi connectivity index (χ0n) is 7.47. The predicted octanol–water partition coefficient (Wildman–Crippen LogP) is 1.13. The van der Waals surface area contributed by atoms with Crippen molar-refractivity contribution < 1.29 is 19.9 Å². The lowest BCUT2D eigenvalue weighted by Gasteiger charge is -2.12. The van der Waals surface area contributed by atoms with Crippen molar-refractivity contribution in [3.8, 4) is 0 Å². The maximum atomic E-state index is 10.8. The fourth-order valence-corrected chi connectivity index (χ4v) is 0.952. The smallest absolute Gasteiger partial charge is 0.335 e. The van der Waals surface area contributed by atoms with Gasteiger partial charge in [-0.15, -0.1) is 0 Å². The molecule has 1 rings (SSSR count). The van der Waals surface area contributed by atoms with Crippen molar-refractivity contribution >= 4 is 17.6 Å². The van der Waals surface area contributed by atoms with Gasteiger partial charge in [-0.3, -0.25) is 10.0 Å². The van der Waals surface area contributed by atoms with Crippen LogP contribution in [-0.4, -0.2) is 22.2 Å². The van der Waals surface area contributed by atoms with Crippen LogP contribution in [0.15, 0.2) is 24.3 Å². The van der Waals surface area contributed by atoms with Crippen LogP contribution in [0.25, 0.3) is 0 Å². The van der Waals surface area contributed by atoms with E-state index in [0.29, 0.717) is 5.06 Å². The van der Waals surface area contributed by atoms with Gasteiger partial charge in [0.1, 0.15) is 0 Å². The SMILES string of the molecule is CC(=O)N(O)c1cccc(C(=O)O)c1. The lowest BCUT2D eigenvalue weighted by atomic mass is 10.2. The predicted molar refractivity (Wildman–Crippen MR) is 48.3 cm³/mol. The second-order valence-corrected chi connectivity index (χ2v) is 2.69. The highest BCUT2D eigenvalue weighted by Crippen LogP contribution is 2.14. The molecule has 0 aromatic heterocycles. The number of carboxylic acids is 1. The van der Waals surface area contributed by atoms with Crippen molar-refractivity contribution in [2.75, 3.05) is 5.06 Å². The monoisotopic (exact) mass is 195 g/mol. The molecule has 0 fully saturated rings. The van der Waals surface area contributed by atoms with Crippen molar-refractivity contribution in [3.63, 3.8) is 0 Å². The summed E-state index contributed by atoms with van der Waals surface area (Å²) in [6.45, 7) is 1.17. The summed E-state index contributed by atoms with van der Waals surface area (Å²) in [6.07, 6.45) is 0. The Hall–Kier alpha value is -1.88. The van der Waals surface area contributed by atoms with E-state index in [0.717, 1.165) is 0 Å². The first-order valence-corrected chi connectivity index (χ1v) is 3.85. The molecule has 14 heavy (non-hydrogen) atoms. The Kier molecular flexibility index (Phi) is 2.83. The number of carbonyl (C=O) groups is 2. The fraction of sp³-hybridized carbons (Fsp3) is 0.111. The summed E-state index contributed by atoms with van der Waals surface area (Å²) in [6, 6.07) is 5.47. The highest BCUT2D eigenvalue weighted by molar-refractivity contribution is 5.92. The molecule has 0 aliphatic rings. The summed E-state index contributed by atoms with van der Waals surface area (Å²) in [7, 11) is 0. The van der Waals surface area contributed by atoms with Crippen LogP contribution in [0.4, 0.5) is 5.69 Å². The van der Waals surface area contributed by atoms with E-state index in [-0.39, 0.29) is 11.3 Å². The third-order valence-electron chi connectivity index (χ3n) is 1.64. The molecule has 0 aliphatic carbocycles. The molecular weight excluding hydrogens is 186 g/mol. The van der Waals surface area contributed by atoms with Crippen LogP contribution in [0.3, 0.4) is 0 Å². The first-order valence-electron chi connectivity index (χ1n) is 3.85. The Labute approximate surface area is 80.2 Å². The van der Waals surface area contributed by atoms with Crippen LogP contribution in [-0.2, 0) is 4.79 Å². The Morgan fingerprint density at radius 2 is 2.00 bits per heavy atom. The van der Waals surface area contributed by atoms with Crippen molar-refractivity contribution in [2.24, 2.45) is 0 Å². The molecule has 0 aliphatic heterocycles. The molecule has 0 heterocycles. The van der Waals surface area contributed by atoms with Gasteiger partial charge in [0.15, 0.2) is 0 Å². The van der Waals surface area contributed by atoms with E-state index in [1.165, 1.54) is 31.2 Å². The summed E-state index contributed by atoms with van der Waals surface area (Å²) in [5, 5.41) is 18.2. The highest BCUT2D eigenvalue weighted by atomic mass is 16.5. The quantitative estimate of drug-likeness (QED) is 0.547. The Morgan fingerprint density at radius 1 is 1.36 bits per heavy atom. The lowest BCUT2D eigenvalue weighted by Crippen LogP contribution is -2.23. The number of anilines is 1. The first kappa shape index (κ1) is 10.2. The summed E-state index contributed by atoms with van der Waals surface area (Å²) in [5.41, 5.74) is 0.153. The van der Waals surface area contributed by atoms with Crippen LogP contribution in [0, 0.1) is 0 Å². The maximum absolute atomic E-state index is 10.8. The van der Waals surface area contributed by atoms with Gasteiger partial charge < -0.3 is 5.11 Å². The molecule has 0 saturated carbocycles. The van der Waals surface area contributed by atoms with Gasteiger partial charge in [-0.25, -0.2) is 4.79 Å². The number of carboxylic acid groups (broad SMARTS) is 1. The van der Waals surface area contributed by atoms with Crippen molar-refractivity contribution in [2.45, 2.75) is 6.92 Å². The molecule has 1 aromatic rings. The van der Waals surface area contributed by atoms with Gasteiger partial charge in [0.05, 0.1) is 11.3 Å². The van der Waals surface area contributed by atoms with Gasteiger partial charge in [-0.2, -0.15) is 5.06 Å². The maximum Gasteiger partial charge on any atom is 0.335 e. The van der Waals surface area contributed by atoms with E-state index in [1.54, 1.807) is 0 Å². The summed E-state index contributed by atoms with van der Waals surface area (Å²) in [5.74, 6) is -1.68. The molecule has 0 spiro atoms. The van der Waals surface area contributed by atoms with Gasteiger partial charge in [0.2, 0.25) is 5.91 Å². The lowest BCUT2D eigenvalue weighted by molar-refractivity contribution is -0.121. The third kappa shape index (κ3) is 2.08. The fourth-order valence-electron chi connectivity index (χ4n) is 0.952. The van der Waals surface area contributed by atoms with Gasteiger partial charge in [0, 0.05) is 6.92 Å². The van der Waals surface area contributed by atoms with E-state index in [1.807, 2.05) is 0 Å². The normalized spacial score (nSPS) is 9.57. The van der Waals surface area contributed by atoms with Gasteiger partial charge in [-0.1, -0.05) is 6.07 Å². The summed E-state index contributed by atoms with van der Waals surface area (Å²) in [4.78, 5) is 21.3. The van der Waals surface area contributed by atoms with Crippen LogP contribution in [0.5, 0.6) is 0 Å². The van der Waals surface area contributed by atoms with Crippen molar-refractivity contribution in [3.05, 3.63) is 29.8 Å². The van der Waals surface area contributed by atoms with Gasteiger partial charge in [-0.05, 0) is 18.2 Å². The zero-order valence-corrected chi connectivity index (χ0v) is 7.47. The molecule has 0 saturated heterocycles. The molecule has 74 valence electrons. The van der Waals surface area contributed by atoms with E-state index in [4.69, 9.17) is 5.11 Å². The number of hydroxylamine groups is 1. The van der Waals surface area contributed by atoms with E-state index in [2.05, 4.69) is 0 Å². The molecular formula is C9H9NO4. The number of benzene rings is 1. The Morgan fingerprint density at radius 3 is 2.50 bits per heavy atom.